The number of hydrogen-bond donors (Lipinski definition) is 0. The summed E-state index contributed by atoms with van der Waals surface area (Å²) < 4.78 is 18.4. The molecule has 0 aromatic carbocycles. The van der Waals surface area contributed by atoms with Gasteiger partial charge in [-0.05, 0) is 76.4 Å². The van der Waals surface area contributed by atoms with Gasteiger partial charge in [-0.15, -0.1) is 17.9 Å². The Balaban J connectivity index is 2.04. The zero-order valence-electron chi connectivity index (χ0n) is 25.2. The Hall–Kier alpha value is -1.42. The van der Waals surface area contributed by atoms with E-state index in [1.165, 1.54) is 23.8 Å². The minimum Gasteiger partial charge on any atom is -0.462 e. The first-order valence-electron chi connectivity index (χ1n) is 14.1. The van der Waals surface area contributed by atoms with Crippen LogP contribution in [0.4, 0.5) is 0 Å². The highest BCUT2D eigenvalue weighted by atomic mass is 32.2. The molecule has 0 aliphatic heterocycles. The number of hydrogen-bond acceptors (Lipinski definition) is 8. The van der Waals surface area contributed by atoms with Gasteiger partial charge in [-0.1, -0.05) is 50.3 Å². The number of esters is 2. The fourth-order valence-electron chi connectivity index (χ4n) is 4.59. The lowest BCUT2D eigenvalue weighted by Crippen LogP contribution is -2.43. The molecule has 1 aromatic heterocycles. The van der Waals surface area contributed by atoms with E-state index >= 15 is 0 Å². The van der Waals surface area contributed by atoms with Crippen molar-refractivity contribution in [2.75, 3.05) is 12.4 Å². The molecule has 0 saturated heterocycles. The fourth-order valence-corrected chi connectivity index (χ4v) is 7.90. The number of aromatic nitrogens is 1. The van der Waals surface area contributed by atoms with Crippen LogP contribution in [0.25, 0.3) is 0 Å². The summed E-state index contributed by atoms with van der Waals surface area (Å²) in [7, 11) is -1.88. The first-order valence-corrected chi connectivity index (χ1v) is 18.9. The van der Waals surface area contributed by atoms with Gasteiger partial charge in [-0.25, -0.2) is 9.78 Å². The van der Waals surface area contributed by atoms with Gasteiger partial charge in [0.05, 0.1) is 6.61 Å². The molecule has 1 aliphatic carbocycles. The minimum absolute atomic E-state index is 0.0631. The van der Waals surface area contributed by atoms with Crippen molar-refractivity contribution in [3.05, 3.63) is 35.4 Å². The summed E-state index contributed by atoms with van der Waals surface area (Å²) >= 11 is 3.11. The van der Waals surface area contributed by atoms with Crippen LogP contribution in [0.3, 0.4) is 0 Å². The third kappa shape index (κ3) is 11.2. The number of carbonyl (C=O) groups is 2. The second kappa shape index (κ2) is 15.5. The number of rotatable bonds is 15. The van der Waals surface area contributed by atoms with Gasteiger partial charge in [0.15, 0.2) is 18.4 Å². The second-order valence-corrected chi connectivity index (χ2v) is 19.0. The second-order valence-electron chi connectivity index (χ2n) is 12.1. The van der Waals surface area contributed by atoms with Crippen LogP contribution in [-0.4, -0.2) is 49.8 Å². The molecule has 6 nitrogen and oxygen atoms in total. The quantitative estimate of drug-likeness (QED) is 0.0871. The Morgan fingerprint density at radius 1 is 1.28 bits per heavy atom. The number of nitrogens with zero attached hydrogens (tertiary/aromatic N) is 1. The third-order valence-corrected chi connectivity index (χ3v) is 14.3. The van der Waals surface area contributed by atoms with Crippen molar-refractivity contribution in [3.8, 4) is 0 Å². The standard InChI is InChI=1S/C30H49NO5S2Si/c1-10-34-28(33)26-20-38-29(31-26)37-19-18-25-23(15-17-27(25)35-22(4)32)12-11-13-24(16-14-21(2)3)36-39(8,9)30(5,6)7/h11-12,20,23-25,27H,2,10,13-19H2,1,3-9H3/t23-,24?,25+,27-/m0/s1. The summed E-state index contributed by atoms with van der Waals surface area (Å²) in [6.07, 6.45) is 10.4. The number of ether oxygens (including phenoxy) is 2. The molecule has 2 rings (SSSR count). The Morgan fingerprint density at radius 3 is 2.62 bits per heavy atom. The number of thiazole rings is 1. The van der Waals surface area contributed by atoms with E-state index in [0.29, 0.717) is 18.2 Å². The minimum atomic E-state index is -1.88. The van der Waals surface area contributed by atoms with Gasteiger partial charge in [0, 0.05) is 30.1 Å². The summed E-state index contributed by atoms with van der Waals surface area (Å²) in [5.74, 6) is 0.867. The van der Waals surface area contributed by atoms with Gasteiger partial charge in [0.1, 0.15) is 6.10 Å². The third-order valence-electron chi connectivity index (χ3n) is 7.72. The summed E-state index contributed by atoms with van der Waals surface area (Å²) in [6.45, 7) is 21.3. The van der Waals surface area contributed by atoms with E-state index in [-0.39, 0.29) is 35.1 Å². The molecule has 220 valence electrons. The molecular weight excluding hydrogens is 547 g/mol. The van der Waals surface area contributed by atoms with Crippen LogP contribution in [0.1, 0.15) is 90.6 Å². The Morgan fingerprint density at radius 2 is 2.00 bits per heavy atom. The normalized spacial score (nSPS) is 20.8. The molecule has 4 atom stereocenters. The van der Waals surface area contributed by atoms with Gasteiger partial charge in [-0.3, -0.25) is 4.79 Å². The molecule has 1 heterocycles. The zero-order valence-corrected chi connectivity index (χ0v) is 27.8. The molecule has 9 heteroatoms. The molecule has 0 bridgehead atoms. The number of allylic oxidation sites excluding steroid dienone is 2. The largest absolute Gasteiger partial charge is 0.462 e. The molecule has 1 unspecified atom stereocenters. The molecule has 1 saturated carbocycles. The van der Waals surface area contributed by atoms with Gasteiger partial charge < -0.3 is 13.9 Å². The lowest BCUT2D eigenvalue weighted by molar-refractivity contribution is -0.148. The van der Waals surface area contributed by atoms with Crippen LogP contribution < -0.4 is 0 Å². The van der Waals surface area contributed by atoms with Crippen molar-refractivity contribution in [1.29, 1.82) is 0 Å². The molecule has 0 spiro atoms. The first kappa shape index (κ1) is 33.8. The molecule has 0 amide bonds. The van der Waals surface area contributed by atoms with E-state index in [0.717, 1.165) is 48.6 Å². The van der Waals surface area contributed by atoms with Crippen LogP contribution in [0, 0.1) is 11.8 Å². The summed E-state index contributed by atoms with van der Waals surface area (Å²) in [5, 5.41) is 1.91. The van der Waals surface area contributed by atoms with Crippen LogP contribution in [0.5, 0.6) is 0 Å². The van der Waals surface area contributed by atoms with Gasteiger partial charge in [0.25, 0.3) is 0 Å². The first-order chi connectivity index (χ1) is 18.2. The van der Waals surface area contributed by atoms with Crippen LogP contribution in [0.15, 0.2) is 34.0 Å². The lowest BCUT2D eigenvalue weighted by Gasteiger charge is -2.39. The molecule has 39 heavy (non-hydrogen) atoms. The Labute approximate surface area is 245 Å². The highest BCUT2D eigenvalue weighted by Crippen LogP contribution is 2.40. The smallest absolute Gasteiger partial charge is 0.357 e. The van der Waals surface area contributed by atoms with Gasteiger partial charge >= 0.3 is 11.9 Å². The number of carbonyl (C=O) groups excluding carboxylic acids is 2. The van der Waals surface area contributed by atoms with Crippen molar-refractivity contribution >= 4 is 43.4 Å². The van der Waals surface area contributed by atoms with E-state index < -0.39 is 8.32 Å². The fraction of sp³-hybridized carbons (Fsp3) is 0.700. The maximum Gasteiger partial charge on any atom is 0.357 e. The van der Waals surface area contributed by atoms with E-state index in [9.17, 15) is 9.59 Å². The van der Waals surface area contributed by atoms with E-state index in [1.54, 1.807) is 24.1 Å². The summed E-state index contributed by atoms with van der Waals surface area (Å²) in [6, 6.07) is 0. The molecule has 0 N–H and O–H groups in total. The maximum absolute atomic E-state index is 11.9. The van der Waals surface area contributed by atoms with Crippen molar-refractivity contribution in [2.45, 2.75) is 115 Å². The topological polar surface area (TPSA) is 74.7 Å². The highest BCUT2D eigenvalue weighted by Gasteiger charge is 2.39. The average Bonchev–Trinajstić information content (AvgIpc) is 3.44. The number of thioether (sulfide) groups is 1. The van der Waals surface area contributed by atoms with E-state index in [4.69, 9.17) is 13.9 Å². The van der Waals surface area contributed by atoms with Crippen LogP contribution in [-0.2, 0) is 18.7 Å². The molecule has 1 aliphatic rings. The Kier molecular flexibility index (Phi) is 13.5. The average molecular weight is 596 g/mol. The SMILES string of the molecule is C=C(C)CCC(CC=C[C@H]1CC[C@H](OC(C)=O)[C@@H]1CCSc1nc(C(=O)OCC)cs1)O[Si](C)(C)C(C)(C)C. The zero-order chi connectivity index (χ0) is 29.2. The lowest BCUT2D eigenvalue weighted by atomic mass is 9.91. The summed E-state index contributed by atoms with van der Waals surface area (Å²) in [5.41, 5.74) is 1.56. The van der Waals surface area contributed by atoms with Crippen molar-refractivity contribution < 1.29 is 23.5 Å². The van der Waals surface area contributed by atoms with Crippen molar-refractivity contribution in [2.24, 2.45) is 11.8 Å². The van der Waals surface area contributed by atoms with E-state index in [2.05, 4.69) is 64.5 Å². The predicted octanol–water partition coefficient (Wildman–Crippen LogP) is 8.45. The van der Waals surface area contributed by atoms with Crippen molar-refractivity contribution in [1.82, 2.24) is 4.98 Å². The summed E-state index contributed by atoms with van der Waals surface area (Å²) in [4.78, 5) is 28.1. The van der Waals surface area contributed by atoms with Gasteiger partial charge in [0.2, 0.25) is 0 Å². The van der Waals surface area contributed by atoms with Crippen molar-refractivity contribution in [3.63, 3.8) is 0 Å². The van der Waals surface area contributed by atoms with Crippen LogP contribution in [0.2, 0.25) is 18.1 Å². The highest BCUT2D eigenvalue weighted by molar-refractivity contribution is 8.01. The van der Waals surface area contributed by atoms with Gasteiger partial charge in [-0.2, -0.15) is 0 Å². The molecule has 1 aromatic rings. The Bertz CT molecular complexity index is 984. The molecule has 0 radical (unpaired) electrons. The maximum atomic E-state index is 11.9. The predicted molar refractivity (Wildman–Crippen MR) is 165 cm³/mol. The molecule has 1 fully saturated rings. The monoisotopic (exact) mass is 595 g/mol. The van der Waals surface area contributed by atoms with Crippen LogP contribution >= 0.6 is 23.1 Å². The van der Waals surface area contributed by atoms with E-state index in [1.807, 2.05) is 0 Å². The molecular formula is C30H49NO5S2Si.